The van der Waals surface area contributed by atoms with E-state index >= 15 is 0 Å². The summed E-state index contributed by atoms with van der Waals surface area (Å²) in [4.78, 5) is 18.9. The third-order valence-electron chi connectivity index (χ3n) is 4.14. The maximum atomic E-state index is 12.7. The van der Waals surface area contributed by atoms with E-state index in [9.17, 15) is 13.2 Å². The Morgan fingerprint density at radius 2 is 1.82 bits per heavy atom. The van der Waals surface area contributed by atoms with Crippen molar-refractivity contribution < 1.29 is 13.2 Å². The first kappa shape index (κ1) is 19.9. The summed E-state index contributed by atoms with van der Waals surface area (Å²) >= 11 is 0. The molecule has 28 heavy (non-hydrogen) atoms. The van der Waals surface area contributed by atoms with Crippen LogP contribution in [0.15, 0.2) is 65.7 Å². The van der Waals surface area contributed by atoms with Crippen molar-refractivity contribution in [2.24, 2.45) is 0 Å². The molecule has 1 aromatic heterocycles. The molecule has 0 radical (unpaired) electrons. The average Bonchev–Trinajstić information content (AvgIpc) is 2.68. The minimum atomic E-state index is -3.69. The van der Waals surface area contributed by atoms with Crippen LogP contribution >= 0.6 is 0 Å². The van der Waals surface area contributed by atoms with E-state index in [0.29, 0.717) is 17.7 Å². The number of para-hydroxylation sites is 1. The number of nitrogens with one attached hydrogen (secondary N) is 2. The van der Waals surface area contributed by atoms with Crippen molar-refractivity contribution in [2.75, 3.05) is 32.5 Å². The lowest BCUT2D eigenvalue weighted by molar-refractivity contribution is 0.102. The van der Waals surface area contributed by atoms with Crippen LogP contribution in [0.1, 0.15) is 10.4 Å². The summed E-state index contributed by atoms with van der Waals surface area (Å²) < 4.78 is 27.4. The monoisotopic (exact) mass is 398 g/mol. The second-order valence-corrected chi connectivity index (χ2v) is 8.33. The standard InChI is InChI=1S/C20H22N4O3S/c1-24(2)13-12-22-28(26,27)17-9-3-7-16(14-17)20(25)23-18-10-4-6-15-8-5-11-21-19(15)18/h3-11,14,22H,12-13H2,1-2H3,(H,23,25). The minimum absolute atomic E-state index is 0.0509. The molecule has 0 saturated carbocycles. The molecule has 3 rings (SSSR count). The average molecular weight is 398 g/mol. The first-order valence-electron chi connectivity index (χ1n) is 8.76. The highest BCUT2D eigenvalue weighted by Gasteiger charge is 2.16. The second kappa shape index (κ2) is 8.47. The molecule has 1 heterocycles. The van der Waals surface area contributed by atoms with Gasteiger partial charge in [0.05, 0.1) is 16.1 Å². The fourth-order valence-electron chi connectivity index (χ4n) is 2.69. The lowest BCUT2D eigenvalue weighted by atomic mass is 10.1. The molecule has 0 aliphatic heterocycles. The predicted molar refractivity (Wildman–Crippen MR) is 110 cm³/mol. The van der Waals surface area contributed by atoms with Gasteiger partial charge in [0.25, 0.3) is 5.91 Å². The maximum Gasteiger partial charge on any atom is 0.255 e. The summed E-state index contributed by atoms with van der Waals surface area (Å²) in [7, 11) is 0.0365. The lowest BCUT2D eigenvalue weighted by Crippen LogP contribution is -2.31. The van der Waals surface area contributed by atoms with E-state index in [2.05, 4.69) is 15.0 Å². The van der Waals surface area contributed by atoms with Crippen molar-refractivity contribution in [1.82, 2.24) is 14.6 Å². The Morgan fingerprint density at radius 3 is 2.61 bits per heavy atom. The minimum Gasteiger partial charge on any atom is -0.320 e. The third kappa shape index (κ3) is 4.72. The number of fused-ring (bicyclic) bond motifs is 1. The number of amides is 1. The van der Waals surface area contributed by atoms with Gasteiger partial charge in [-0.15, -0.1) is 0 Å². The summed E-state index contributed by atoms with van der Waals surface area (Å²) in [6, 6.07) is 15.2. The summed E-state index contributed by atoms with van der Waals surface area (Å²) in [5, 5.41) is 3.72. The molecule has 0 aliphatic carbocycles. The number of anilines is 1. The zero-order chi connectivity index (χ0) is 20.1. The largest absolute Gasteiger partial charge is 0.320 e. The highest BCUT2D eigenvalue weighted by Crippen LogP contribution is 2.21. The first-order valence-corrected chi connectivity index (χ1v) is 10.2. The number of benzene rings is 2. The van der Waals surface area contributed by atoms with Gasteiger partial charge in [0.15, 0.2) is 0 Å². The van der Waals surface area contributed by atoms with Crippen molar-refractivity contribution in [1.29, 1.82) is 0 Å². The van der Waals surface area contributed by atoms with Crippen LogP contribution in [-0.4, -0.2) is 51.4 Å². The third-order valence-corrected chi connectivity index (χ3v) is 5.60. The molecule has 2 aromatic carbocycles. The van der Waals surface area contributed by atoms with Crippen LogP contribution in [0.25, 0.3) is 10.9 Å². The molecule has 3 aromatic rings. The van der Waals surface area contributed by atoms with E-state index in [4.69, 9.17) is 0 Å². The van der Waals surface area contributed by atoms with Gasteiger partial charge in [0, 0.05) is 30.2 Å². The van der Waals surface area contributed by atoms with Gasteiger partial charge in [-0.3, -0.25) is 9.78 Å². The van der Waals surface area contributed by atoms with Crippen molar-refractivity contribution in [3.63, 3.8) is 0 Å². The van der Waals surface area contributed by atoms with Gasteiger partial charge in [-0.1, -0.05) is 24.3 Å². The van der Waals surface area contributed by atoms with Crippen LogP contribution in [0.4, 0.5) is 5.69 Å². The maximum absolute atomic E-state index is 12.7. The SMILES string of the molecule is CN(C)CCNS(=O)(=O)c1cccc(C(=O)Nc2cccc3cccnc23)c1. The summed E-state index contributed by atoms with van der Waals surface area (Å²) in [6.45, 7) is 0.862. The van der Waals surface area contributed by atoms with Crippen molar-refractivity contribution >= 4 is 32.5 Å². The molecule has 146 valence electrons. The summed E-state index contributed by atoms with van der Waals surface area (Å²) in [5.74, 6) is -0.400. The molecule has 0 fully saturated rings. The Labute approximate surface area is 164 Å². The highest BCUT2D eigenvalue weighted by molar-refractivity contribution is 7.89. The molecule has 1 amide bonds. The van der Waals surface area contributed by atoms with Gasteiger partial charge in [-0.2, -0.15) is 0 Å². The van der Waals surface area contributed by atoms with Crippen LogP contribution < -0.4 is 10.0 Å². The Bertz CT molecular complexity index is 1090. The predicted octanol–water partition coefficient (Wildman–Crippen LogP) is 2.33. The van der Waals surface area contributed by atoms with E-state index in [1.807, 2.05) is 43.3 Å². The number of rotatable bonds is 7. The molecule has 8 heteroatoms. The van der Waals surface area contributed by atoms with Gasteiger partial charge in [0.2, 0.25) is 10.0 Å². The van der Waals surface area contributed by atoms with Crippen molar-refractivity contribution in [2.45, 2.75) is 4.90 Å². The molecule has 0 saturated heterocycles. The molecular formula is C20H22N4O3S. The van der Waals surface area contributed by atoms with Gasteiger partial charge < -0.3 is 10.2 Å². The molecule has 2 N–H and O–H groups in total. The van der Waals surface area contributed by atoms with Crippen molar-refractivity contribution in [3.05, 3.63) is 66.4 Å². The van der Waals surface area contributed by atoms with E-state index in [1.165, 1.54) is 12.1 Å². The van der Waals surface area contributed by atoms with E-state index < -0.39 is 15.9 Å². The molecule has 0 bridgehead atoms. The fraction of sp³-hybridized carbons (Fsp3) is 0.200. The van der Waals surface area contributed by atoms with E-state index in [0.717, 1.165) is 5.39 Å². The number of nitrogens with zero attached hydrogens (tertiary/aromatic N) is 2. The molecule has 0 atom stereocenters. The Morgan fingerprint density at radius 1 is 1.07 bits per heavy atom. The highest BCUT2D eigenvalue weighted by atomic mass is 32.2. The number of hydrogen-bond donors (Lipinski definition) is 2. The number of carbonyl (C=O) groups is 1. The quantitative estimate of drug-likeness (QED) is 0.637. The molecule has 7 nitrogen and oxygen atoms in total. The van der Waals surface area contributed by atoms with Crippen molar-refractivity contribution in [3.8, 4) is 0 Å². The number of hydrogen-bond acceptors (Lipinski definition) is 5. The normalized spacial score (nSPS) is 11.7. The first-order chi connectivity index (χ1) is 13.4. The number of carbonyl (C=O) groups excluding carboxylic acids is 1. The number of sulfonamides is 1. The number of aromatic nitrogens is 1. The van der Waals surface area contributed by atoms with Crippen LogP contribution in [0.3, 0.4) is 0 Å². The molecule has 0 aliphatic rings. The number of pyridine rings is 1. The van der Waals surface area contributed by atoms with Gasteiger partial charge in [-0.05, 0) is 44.4 Å². The fourth-order valence-corrected chi connectivity index (χ4v) is 3.76. The van der Waals surface area contributed by atoms with E-state index in [1.54, 1.807) is 24.4 Å². The Kier molecular flexibility index (Phi) is 6.03. The zero-order valence-electron chi connectivity index (χ0n) is 15.7. The molecule has 0 spiro atoms. The van der Waals surface area contributed by atoms with Gasteiger partial charge >= 0.3 is 0 Å². The lowest BCUT2D eigenvalue weighted by Gasteiger charge is -2.12. The van der Waals surface area contributed by atoms with Gasteiger partial charge in [-0.25, -0.2) is 13.1 Å². The zero-order valence-corrected chi connectivity index (χ0v) is 16.5. The molecule has 0 unspecified atom stereocenters. The Hall–Kier alpha value is -2.81. The Balaban J connectivity index is 1.80. The summed E-state index contributed by atoms with van der Waals surface area (Å²) in [5.41, 5.74) is 1.50. The van der Waals surface area contributed by atoms with E-state index in [-0.39, 0.29) is 17.0 Å². The topological polar surface area (TPSA) is 91.4 Å². The van der Waals surface area contributed by atoms with Crippen LogP contribution in [0, 0.1) is 0 Å². The number of likely N-dealkylation sites (N-methyl/N-ethyl adjacent to an activating group) is 1. The smallest absolute Gasteiger partial charge is 0.255 e. The van der Waals surface area contributed by atoms with Gasteiger partial charge in [0.1, 0.15) is 0 Å². The summed E-state index contributed by atoms with van der Waals surface area (Å²) in [6.07, 6.45) is 1.66. The van der Waals surface area contributed by atoms with Crippen LogP contribution in [0.2, 0.25) is 0 Å². The van der Waals surface area contributed by atoms with Crippen LogP contribution in [-0.2, 0) is 10.0 Å². The second-order valence-electron chi connectivity index (χ2n) is 6.56. The molecular weight excluding hydrogens is 376 g/mol. The van der Waals surface area contributed by atoms with Crippen LogP contribution in [0.5, 0.6) is 0 Å².